The zero-order valence-corrected chi connectivity index (χ0v) is 12.0. The lowest BCUT2D eigenvalue weighted by Crippen LogP contribution is -2.42. The zero-order valence-electron chi connectivity index (χ0n) is 10.4. The molecule has 2 rings (SSSR count). The molecular weight excluding hydrogens is 264 g/mol. The summed E-state index contributed by atoms with van der Waals surface area (Å²) in [5.74, 6) is 0.936. The summed E-state index contributed by atoms with van der Waals surface area (Å²) in [6.07, 6.45) is 3.27. The van der Waals surface area contributed by atoms with E-state index in [1.807, 2.05) is 31.2 Å². The lowest BCUT2D eigenvalue weighted by Gasteiger charge is -2.22. The van der Waals surface area contributed by atoms with Gasteiger partial charge in [-0.2, -0.15) is 5.26 Å². The first kappa shape index (κ1) is 13.7. The number of hydrogen-bond donors (Lipinski definition) is 1. The van der Waals surface area contributed by atoms with Gasteiger partial charge in [-0.25, -0.2) is 0 Å². The van der Waals surface area contributed by atoms with Gasteiger partial charge in [-0.15, -0.1) is 11.8 Å². The molecule has 0 amide bonds. The largest absolute Gasteiger partial charge is 0.297 e. The Morgan fingerprint density at radius 2 is 2.11 bits per heavy atom. The van der Waals surface area contributed by atoms with Crippen molar-refractivity contribution >= 4 is 23.4 Å². The SMILES string of the molecule is CC(C#N)(CCSc1ccc(Cl)cc1)NC1CC1. The lowest BCUT2D eigenvalue weighted by molar-refractivity contribution is 0.434. The predicted molar refractivity (Wildman–Crippen MR) is 77.0 cm³/mol. The van der Waals surface area contributed by atoms with Crippen molar-refractivity contribution in [2.45, 2.75) is 42.7 Å². The Hall–Kier alpha value is -0.690. The quantitative estimate of drug-likeness (QED) is 0.804. The van der Waals surface area contributed by atoms with E-state index in [1.165, 1.54) is 17.7 Å². The smallest absolute Gasteiger partial charge is 0.104 e. The van der Waals surface area contributed by atoms with Crippen LogP contribution in [0.1, 0.15) is 26.2 Å². The van der Waals surface area contributed by atoms with Gasteiger partial charge in [-0.1, -0.05) is 11.6 Å². The molecule has 18 heavy (non-hydrogen) atoms. The summed E-state index contributed by atoms with van der Waals surface area (Å²) in [4.78, 5) is 1.20. The monoisotopic (exact) mass is 280 g/mol. The van der Waals surface area contributed by atoms with Crippen molar-refractivity contribution in [3.8, 4) is 6.07 Å². The molecule has 2 nitrogen and oxygen atoms in total. The van der Waals surface area contributed by atoms with Crippen molar-refractivity contribution in [2.24, 2.45) is 0 Å². The van der Waals surface area contributed by atoms with E-state index >= 15 is 0 Å². The number of nitrogens with zero attached hydrogens (tertiary/aromatic N) is 1. The van der Waals surface area contributed by atoms with E-state index in [0.29, 0.717) is 6.04 Å². The molecule has 1 atom stereocenters. The first-order valence-electron chi connectivity index (χ1n) is 6.19. The summed E-state index contributed by atoms with van der Waals surface area (Å²) in [6, 6.07) is 10.8. The third-order valence-electron chi connectivity index (χ3n) is 3.03. The van der Waals surface area contributed by atoms with Crippen molar-refractivity contribution in [3.63, 3.8) is 0 Å². The minimum Gasteiger partial charge on any atom is -0.297 e. The van der Waals surface area contributed by atoms with Gasteiger partial charge in [0, 0.05) is 21.7 Å². The maximum absolute atomic E-state index is 9.26. The molecule has 0 aliphatic heterocycles. The summed E-state index contributed by atoms with van der Waals surface area (Å²) in [5.41, 5.74) is -0.388. The Kier molecular flexibility index (Phi) is 4.55. The van der Waals surface area contributed by atoms with Crippen LogP contribution in [0.2, 0.25) is 5.02 Å². The van der Waals surface area contributed by atoms with Crippen LogP contribution in [0.4, 0.5) is 0 Å². The fourth-order valence-electron chi connectivity index (χ4n) is 1.74. The van der Waals surface area contributed by atoms with Gasteiger partial charge in [0.05, 0.1) is 6.07 Å². The molecule has 0 radical (unpaired) electrons. The predicted octanol–water partition coefficient (Wildman–Crippen LogP) is 3.86. The van der Waals surface area contributed by atoms with Gasteiger partial charge in [0.15, 0.2) is 0 Å². The van der Waals surface area contributed by atoms with E-state index in [4.69, 9.17) is 11.6 Å². The highest BCUT2D eigenvalue weighted by molar-refractivity contribution is 7.99. The molecule has 1 aliphatic carbocycles. The number of nitriles is 1. The molecule has 1 N–H and O–H groups in total. The van der Waals surface area contributed by atoms with Gasteiger partial charge in [0.2, 0.25) is 0 Å². The van der Waals surface area contributed by atoms with Crippen LogP contribution in [-0.2, 0) is 0 Å². The Balaban J connectivity index is 1.79. The van der Waals surface area contributed by atoms with Crippen LogP contribution >= 0.6 is 23.4 Å². The molecule has 0 heterocycles. The average Bonchev–Trinajstić information content (AvgIpc) is 3.15. The number of nitrogens with one attached hydrogen (secondary N) is 1. The molecule has 0 aromatic heterocycles. The van der Waals surface area contributed by atoms with E-state index in [1.54, 1.807) is 11.8 Å². The fourth-order valence-corrected chi connectivity index (χ4v) is 2.94. The Labute approximate surface area is 118 Å². The molecule has 96 valence electrons. The molecule has 1 unspecified atom stereocenters. The minimum absolute atomic E-state index is 0.388. The highest BCUT2D eigenvalue weighted by Crippen LogP contribution is 2.27. The van der Waals surface area contributed by atoms with Crippen molar-refractivity contribution in [3.05, 3.63) is 29.3 Å². The summed E-state index contributed by atoms with van der Waals surface area (Å²) in [5, 5.41) is 13.4. The second-order valence-electron chi connectivity index (χ2n) is 4.91. The Morgan fingerprint density at radius 1 is 1.44 bits per heavy atom. The number of thioether (sulfide) groups is 1. The maximum atomic E-state index is 9.26. The standard InChI is InChI=1S/C14H17ClN2S/c1-14(10-16,17-12-4-5-12)8-9-18-13-6-2-11(15)3-7-13/h2-3,6-7,12,17H,4-5,8-9H2,1H3. The van der Waals surface area contributed by atoms with Crippen molar-refractivity contribution < 1.29 is 0 Å². The molecule has 1 fully saturated rings. The molecule has 0 spiro atoms. The second-order valence-corrected chi connectivity index (χ2v) is 6.52. The van der Waals surface area contributed by atoms with Gasteiger partial charge >= 0.3 is 0 Å². The number of rotatable bonds is 6. The third-order valence-corrected chi connectivity index (χ3v) is 4.30. The van der Waals surface area contributed by atoms with Gasteiger partial charge in [0.1, 0.15) is 5.54 Å². The molecule has 4 heteroatoms. The maximum Gasteiger partial charge on any atom is 0.104 e. The van der Waals surface area contributed by atoms with Gasteiger partial charge in [0.25, 0.3) is 0 Å². The number of halogens is 1. The first-order valence-corrected chi connectivity index (χ1v) is 7.55. The highest BCUT2D eigenvalue weighted by Gasteiger charge is 2.31. The topological polar surface area (TPSA) is 35.8 Å². The van der Waals surface area contributed by atoms with Crippen LogP contribution in [-0.4, -0.2) is 17.3 Å². The van der Waals surface area contributed by atoms with Gasteiger partial charge < -0.3 is 0 Å². The van der Waals surface area contributed by atoms with E-state index in [0.717, 1.165) is 17.2 Å². The molecule has 1 aromatic rings. The van der Waals surface area contributed by atoms with Crippen LogP contribution in [0.5, 0.6) is 0 Å². The first-order chi connectivity index (χ1) is 8.61. The van der Waals surface area contributed by atoms with E-state index < -0.39 is 0 Å². The van der Waals surface area contributed by atoms with E-state index in [-0.39, 0.29) is 5.54 Å². The number of benzene rings is 1. The summed E-state index contributed by atoms with van der Waals surface area (Å²) in [7, 11) is 0. The number of hydrogen-bond acceptors (Lipinski definition) is 3. The van der Waals surface area contributed by atoms with Crippen LogP contribution in [0.25, 0.3) is 0 Å². The van der Waals surface area contributed by atoms with Crippen LogP contribution in [0.15, 0.2) is 29.2 Å². The van der Waals surface area contributed by atoms with E-state index in [9.17, 15) is 5.26 Å². The van der Waals surface area contributed by atoms with Gasteiger partial charge in [-0.3, -0.25) is 5.32 Å². The fraction of sp³-hybridized carbons (Fsp3) is 0.500. The molecule has 1 saturated carbocycles. The molecule has 1 aromatic carbocycles. The minimum atomic E-state index is -0.388. The average molecular weight is 281 g/mol. The molecule has 0 saturated heterocycles. The summed E-state index contributed by atoms with van der Waals surface area (Å²) in [6.45, 7) is 1.99. The lowest BCUT2D eigenvalue weighted by atomic mass is 10.0. The van der Waals surface area contributed by atoms with Crippen LogP contribution in [0, 0.1) is 11.3 Å². The van der Waals surface area contributed by atoms with Crippen molar-refractivity contribution in [1.29, 1.82) is 5.26 Å². The second kappa shape index (κ2) is 5.97. The van der Waals surface area contributed by atoms with Gasteiger partial charge in [-0.05, 0) is 50.5 Å². The molecule has 1 aliphatic rings. The van der Waals surface area contributed by atoms with Crippen LogP contribution in [0.3, 0.4) is 0 Å². The van der Waals surface area contributed by atoms with Crippen LogP contribution < -0.4 is 5.32 Å². The Bertz CT molecular complexity index is 436. The van der Waals surface area contributed by atoms with Crippen molar-refractivity contribution in [2.75, 3.05) is 5.75 Å². The van der Waals surface area contributed by atoms with Crippen molar-refractivity contribution in [1.82, 2.24) is 5.32 Å². The Morgan fingerprint density at radius 3 is 2.67 bits per heavy atom. The highest BCUT2D eigenvalue weighted by atomic mass is 35.5. The normalized spacial score (nSPS) is 18.1. The third kappa shape index (κ3) is 4.20. The molecule has 0 bridgehead atoms. The molecular formula is C14H17ClN2S. The summed E-state index contributed by atoms with van der Waals surface area (Å²) < 4.78 is 0. The van der Waals surface area contributed by atoms with E-state index in [2.05, 4.69) is 11.4 Å². The zero-order chi connectivity index (χ0) is 13.0. The summed E-state index contributed by atoms with van der Waals surface area (Å²) >= 11 is 7.61.